The lowest BCUT2D eigenvalue weighted by Crippen LogP contribution is -2.30. The van der Waals surface area contributed by atoms with Crippen molar-refractivity contribution in [3.8, 4) is 0 Å². The second-order valence-corrected chi connectivity index (χ2v) is 6.78. The molecule has 0 radical (unpaired) electrons. The molecular formula is C22H24N2O4. The molecule has 1 unspecified atom stereocenters. The summed E-state index contributed by atoms with van der Waals surface area (Å²) in [5.74, 6) is -0.882. The van der Waals surface area contributed by atoms with Gasteiger partial charge < -0.3 is 15.0 Å². The van der Waals surface area contributed by atoms with E-state index in [4.69, 9.17) is 4.74 Å². The molecule has 28 heavy (non-hydrogen) atoms. The van der Waals surface area contributed by atoms with Crippen molar-refractivity contribution in [1.82, 2.24) is 0 Å². The van der Waals surface area contributed by atoms with E-state index in [0.29, 0.717) is 24.2 Å². The molecule has 0 bridgehead atoms. The number of hydrogen-bond donors (Lipinski definition) is 1. The zero-order chi connectivity index (χ0) is 20.1. The zero-order valence-corrected chi connectivity index (χ0v) is 16.1. The van der Waals surface area contributed by atoms with E-state index in [9.17, 15) is 14.4 Å². The van der Waals surface area contributed by atoms with Crippen molar-refractivity contribution in [3.63, 3.8) is 0 Å². The lowest BCUT2D eigenvalue weighted by Gasteiger charge is -2.16. The van der Waals surface area contributed by atoms with Gasteiger partial charge in [-0.3, -0.25) is 9.59 Å². The highest BCUT2D eigenvalue weighted by molar-refractivity contribution is 5.98. The van der Waals surface area contributed by atoms with Crippen molar-refractivity contribution in [2.75, 3.05) is 16.8 Å². The maximum absolute atomic E-state index is 12.3. The maximum atomic E-state index is 12.3. The number of carbonyl (C=O) groups is 3. The minimum Gasteiger partial charge on any atom is -0.449 e. The molecule has 146 valence electrons. The molecule has 3 rings (SSSR count). The van der Waals surface area contributed by atoms with Crippen molar-refractivity contribution in [1.29, 1.82) is 0 Å². The highest BCUT2D eigenvalue weighted by Gasteiger charge is 2.23. The number of nitrogens with one attached hydrogen (secondary N) is 1. The van der Waals surface area contributed by atoms with Crippen LogP contribution in [0.15, 0.2) is 48.5 Å². The lowest BCUT2D eigenvalue weighted by atomic mass is 10.1. The summed E-state index contributed by atoms with van der Waals surface area (Å²) in [6.45, 7) is 4.29. The van der Waals surface area contributed by atoms with Crippen LogP contribution in [0.5, 0.6) is 0 Å². The van der Waals surface area contributed by atoms with E-state index in [-0.39, 0.29) is 5.91 Å². The Morgan fingerprint density at radius 1 is 1.11 bits per heavy atom. The minimum absolute atomic E-state index is 0.0904. The van der Waals surface area contributed by atoms with Gasteiger partial charge in [-0.15, -0.1) is 0 Å². The van der Waals surface area contributed by atoms with Gasteiger partial charge in [-0.2, -0.15) is 0 Å². The standard InChI is InChI=1S/C22H24N2O4/c1-3-16-6-10-18(11-7-16)23-21(26)15(2)28-22(27)17-8-12-19(13-9-17)24-14-4-5-20(24)25/h6-13,15H,3-5,14H2,1-2H3,(H,23,26). The molecule has 1 aliphatic heterocycles. The molecule has 1 atom stereocenters. The monoisotopic (exact) mass is 380 g/mol. The molecule has 1 aliphatic rings. The largest absolute Gasteiger partial charge is 0.449 e. The fourth-order valence-corrected chi connectivity index (χ4v) is 3.05. The van der Waals surface area contributed by atoms with E-state index < -0.39 is 18.0 Å². The van der Waals surface area contributed by atoms with Crippen molar-refractivity contribution < 1.29 is 19.1 Å². The smallest absolute Gasteiger partial charge is 0.338 e. The molecule has 0 saturated carbocycles. The first-order valence-electron chi connectivity index (χ1n) is 9.49. The van der Waals surface area contributed by atoms with Gasteiger partial charge in [-0.05, 0) is 61.7 Å². The number of aryl methyl sites for hydroxylation is 1. The second kappa shape index (κ2) is 8.69. The van der Waals surface area contributed by atoms with Gasteiger partial charge in [0.15, 0.2) is 6.10 Å². The molecule has 6 nitrogen and oxygen atoms in total. The number of benzene rings is 2. The van der Waals surface area contributed by atoms with Crippen LogP contribution in [0.1, 0.15) is 42.6 Å². The van der Waals surface area contributed by atoms with Gasteiger partial charge in [-0.25, -0.2) is 4.79 Å². The Labute approximate surface area is 164 Å². The Bertz CT molecular complexity index is 859. The zero-order valence-electron chi connectivity index (χ0n) is 16.1. The summed E-state index contributed by atoms with van der Waals surface area (Å²) in [4.78, 5) is 38.1. The van der Waals surface area contributed by atoms with E-state index in [1.807, 2.05) is 24.3 Å². The van der Waals surface area contributed by atoms with Crippen LogP contribution in [0.3, 0.4) is 0 Å². The number of rotatable bonds is 6. The summed E-state index contributed by atoms with van der Waals surface area (Å²) in [7, 11) is 0. The number of ether oxygens (including phenoxy) is 1. The average Bonchev–Trinajstić information content (AvgIpc) is 3.14. The van der Waals surface area contributed by atoms with Crippen LogP contribution in [-0.2, 0) is 20.7 Å². The Balaban J connectivity index is 1.56. The summed E-state index contributed by atoms with van der Waals surface area (Å²) in [5, 5.41) is 2.74. The molecule has 6 heteroatoms. The Morgan fingerprint density at radius 3 is 2.36 bits per heavy atom. The number of esters is 1. The molecule has 2 aromatic rings. The van der Waals surface area contributed by atoms with Crippen LogP contribution in [-0.4, -0.2) is 30.4 Å². The number of hydrogen-bond acceptors (Lipinski definition) is 4. The molecule has 2 amide bonds. The van der Waals surface area contributed by atoms with Gasteiger partial charge in [0.1, 0.15) is 0 Å². The molecule has 0 aliphatic carbocycles. The van der Waals surface area contributed by atoms with Crippen LogP contribution >= 0.6 is 0 Å². The van der Waals surface area contributed by atoms with Crippen LogP contribution < -0.4 is 10.2 Å². The van der Waals surface area contributed by atoms with E-state index in [2.05, 4.69) is 12.2 Å². The Hall–Kier alpha value is -3.15. The highest BCUT2D eigenvalue weighted by Crippen LogP contribution is 2.22. The number of anilines is 2. The Morgan fingerprint density at radius 2 is 1.79 bits per heavy atom. The van der Waals surface area contributed by atoms with Gasteiger partial charge in [0.2, 0.25) is 5.91 Å². The van der Waals surface area contributed by atoms with Crippen LogP contribution in [0.4, 0.5) is 11.4 Å². The minimum atomic E-state index is -0.932. The summed E-state index contributed by atoms with van der Waals surface area (Å²) in [6, 6.07) is 14.2. The third-order valence-electron chi connectivity index (χ3n) is 4.77. The van der Waals surface area contributed by atoms with Gasteiger partial charge in [0.25, 0.3) is 5.91 Å². The van der Waals surface area contributed by atoms with Crippen molar-refractivity contribution in [2.45, 2.75) is 39.2 Å². The number of amides is 2. The SMILES string of the molecule is CCc1ccc(NC(=O)C(C)OC(=O)c2ccc(N3CCCC3=O)cc2)cc1. The molecule has 2 aromatic carbocycles. The van der Waals surface area contributed by atoms with Crippen molar-refractivity contribution >= 4 is 29.2 Å². The summed E-state index contributed by atoms with van der Waals surface area (Å²) < 4.78 is 5.27. The average molecular weight is 380 g/mol. The fourth-order valence-electron chi connectivity index (χ4n) is 3.05. The summed E-state index contributed by atoms with van der Waals surface area (Å²) in [5.41, 5.74) is 2.93. The third-order valence-corrected chi connectivity index (χ3v) is 4.77. The lowest BCUT2D eigenvalue weighted by molar-refractivity contribution is -0.123. The molecule has 0 spiro atoms. The van der Waals surface area contributed by atoms with E-state index in [1.165, 1.54) is 12.5 Å². The van der Waals surface area contributed by atoms with Gasteiger partial charge >= 0.3 is 5.97 Å². The number of carbonyl (C=O) groups excluding carboxylic acids is 3. The van der Waals surface area contributed by atoms with Crippen LogP contribution in [0.2, 0.25) is 0 Å². The summed E-state index contributed by atoms with van der Waals surface area (Å²) in [6.07, 6.45) is 1.39. The molecule has 0 aromatic heterocycles. The van der Waals surface area contributed by atoms with E-state index in [1.54, 1.807) is 29.2 Å². The molecule has 1 N–H and O–H groups in total. The van der Waals surface area contributed by atoms with E-state index in [0.717, 1.165) is 18.5 Å². The first-order chi connectivity index (χ1) is 13.5. The van der Waals surface area contributed by atoms with Crippen molar-refractivity contribution in [3.05, 3.63) is 59.7 Å². The normalized spacial score (nSPS) is 14.6. The predicted octanol–water partition coefficient (Wildman–Crippen LogP) is 3.56. The Kier molecular flexibility index (Phi) is 6.09. The predicted molar refractivity (Wildman–Crippen MR) is 107 cm³/mol. The quantitative estimate of drug-likeness (QED) is 0.778. The van der Waals surface area contributed by atoms with Gasteiger partial charge in [0, 0.05) is 24.3 Å². The highest BCUT2D eigenvalue weighted by atomic mass is 16.5. The molecular weight excluding hydrogens is 356 g/mol. The van der Waals surface area contributed by atoms with Crippen LogP contribution in [0.25, 0.3) is 0 Å². The maximum Gasteiger partial charge on any atom is 0.338 e. The first-order valence-corrected chi connectivity index (χ1v) is 9.49. The molecule has 1 heterocycles. The fraction of sp³-hybridized carbons (Fsp3) is 0.318. The molecule has 1 saturated heterocycles. The first kappa shape index (κ1) is 19.6. The second-order valence-electron chi connectivity index (χ2n) is 6.78. The number of nitrogens with zero attached hydrogens (tertiary/aromatic N) is 1. The third kappa shape index (κ3) is 4.57. The van der Waals surface area contributed by atoms with Crippen LogP contribution in [0, 0.1) is 0 Å². The van der Waals surface area contributed by atoms with E-state index >= 15 is 0 Å². The topological polar surface area (TPSA) is 75.7 Å². The van der Waals surface area contributed by atoms with Crippen molar-refractivity contribution in [2.24, 2.45) is 0 Å². The molecule has 1 fully saturated rings. The van der Waals surface area contributed by atoms with Gasteiger partial charge in [-0.1, -0.05) is 19.1 Å². The summed E-state index contributed by atoms with van der Waals surface area (Å²) >= 11 is 0. The van der Waals surface area contributed by atoms with Gasteiger partial charge in [0.05, 0.1) is 5.56 Å².